The van der Waals surface area contributed by atoms with Crippen molar-refractivity contribution in [3.05, 3.63) is 0 Å². The Morgan fingerprint density at radius 2 is 1.87 bits per heavy atom. The summed E-state index contributed by atoms with van der Waals surface area (Å²) in [6.07, 6.45) is 2.99. The van der Waals surface area contributed by atoms with Gasteiger partial charge in [0.15, 0.2) is 0 Å². The molecule has 0 amide bonds. The standard InChI is InChI=1S/C11H22N2OS/c1-8-6-13(7-9(2)14-8)10-4-12-5-11(10)15-3/h8-12H,4-7H2,1-3H3. The molecule has 0 bridgehead atoms. The Morgan fingerprint density at radius 1 is 1.20 bits per heavy atom. The topological polar surface area (TPSA) is 24.5 Å². The number of ether oxygens (including phenoxy) is 1. The Hall–Kier alpha value is 0.230. The quantitative estimate of drug-likeness (QED) is 0.758. The zero-order valence-electron chi connectivity index (χ0n) is 9.90. The van der Waals surface area contributed by atoms with Crippen molar-refractivity contribution in [1.82, 2.24) is 10.2 Å². The van der Waals surface area contributed by atoms with E-state index in [1.807, 2.05) is 11.8 Å². The van der Waals surface area contributed by atoms with E-state index in [0.29, 0.717) is 18.2 Å². The summed E-state index contributed by atoms with van der Waals surface area (Å²) in [5, 5.41) is 4.25. The number of rotatable bonds is 2. The summed E-state index contributed by atoms with van der Waals surface area (Å²) in [7, 11) is 0. The van der Waals surface area contributed by atoms with Crippen LogP contribution in [-0.2, 0) is 4.74 Å². The highest BCUT2D eigenvalue weighted by Crippen LogP contribution is 2.23. The molecule has 2 aliphatic heterocycles. The highest BCUT2D eigenvalue weighted by atomic mass is 32.2. The van der Waals surface area contributed by atoms with Crippen LogP contribution in [0.1, 0.15) is 13.8 Å². The molecule has 2 saturated heterocycles. The first-order valence-corrected chi connectivity index (χ1v) is 7.12. The molecule has 4 unspecified atom stereocenters. The maximum Gasteiger partial charge on any atom is 0.0678 e. The molecule has 4 atom stereocenters. The van der Waals surface area contributed by atoms with E-state index in [1.165, 1.54) is 0 Å². The molecule has 4 heteroatoms. The van der Waals surface area contributed by atoms with Gasteiger partial charge in [-0.3, -0.25) is 4.90 Å². The number of thioether (sulfide) groups is 1. The lowest BCUT2D eigenvalue weighted by Crippen LogP contribution is -2.53. The van der Waals surface area contributed by atoms with Crippen molar-refractivity contribution in [2.45, 2.75) is 37.3 Å². The van der Waals surface area contributed by atoms with E-state index in [9.17, 15) is 0 Å². The predicted molar refractivity (Wildman–Crippen MR) is 65.5 cm³/mol. The van der Waals surface area contributed by atoms with Gasteiger partial charge in [-0.15, -0.1) is 0 Å². The van der Waals surface area contributed by atoms with Gasteiger partial charge in [0, 0.05) is 37.5 Å². The zero-order chi connectivity index (χ0) is 10.8. The van der Waals surface area contributed by atoms with Gasteiger partial charge in [-0.2, -0.15) is 11.8 Å². The van der Waals surface area contributed by atoms with Gasteiger partial charge in [-0.05, 0) is 20.1 Å². The molecular weight excluding hydrogens is 208 g/mol. The minimum atomic E-state index is 0.386. The van der Waals surface area contributed by atoms with Crippen molar-refractivity contribution >= 4 is 11.8 Å². The fourth-order valence-electron chi connectivity index (χ4n) is 2.73. The number of hydrogen-bond donors (Lipinski definition) is 1. The lowest BCUT2D eigenvalue weighted by molar-refractivity contribution is -0.0775. The second kappa shape index (κ2) is 5.04. The van der Waals surface area contributed by atoms with E-state index in [2.05, 4.69) is 30.3 Å². The van der Waals surface area contributed by atoms with Gasteiger partial charge in [-0.25, -0.2) is 0 Å². The van der Waals surface area contributed by atoms with E-state index in [0.717, 1.165) is 31.4 Å². The molecule has 88 valence electrons. The van der Waals surface area contributed by atoms with Crippen LogP contribution in [0.2, 0.25) is 0 Å². The number of nitrogens with zero attached hydrogens (tertiary/aromatic N) is 1. The summed E-state index contributed by atoms with van der Waals surface area (Å²) >= 11 is 1.99. The molecule has 15 heavy (non-hydrogen) atoms. The van der Waals surface area contributed by atoms with Gasteiger partial charge in [0.05, 0.1) is 12.2 Å². The molecule has 3 nitrogen and oxygen atoms in total. The largest absolute Gasteiger partial charge is 0.373 e. The molecule has 0 saturated carbocycles. The molecule has 2 fully saturated rings. The van der Waals surface area contributed by atoms with E-state index in [1.54, 1.807) is 0 Å². The van der Waals surface area contributed by atoms with Crippen LogP contribution >= 0.6 is 11.8 Å². The summed E-state index contributed by atoms with van der Waals surface area (Å²) in [5.41, 5.74) is 0. The minimum absolute atomic E-state index is 0.386. The number of hydrogen-bond acceptors (Lipinski definition) is 4. The second-order valence-electron chi connectivity index (χ2n) is 4.71. The fraction of sp³-hybridized carbons (Fsp3) is 1.00. The van der Waals surface area contributed by atoms with Crippen molar-refractivity contribution in [2.75, 3.05) is 32.4 Å². The Morgan fingerprint density at radius 3 is 2.47 bits per heavy atom. The van der Waals surface area contributed by atoms with E-state index in [-0.39, 0.29) is 0 Å². The molecule has 0 aliphatic carbocycles. The van der Waals surface area contributed by atoms with Gasteiger partial charge >= 0.3 is 0 Å². The molecule has 0 aromatic carbocycles. The monoisotopic (exact) mass is 230 g/mol. The normalized spacial score (nSPS) is 43.4. The van der Waals surface area contributed by atoms with Crippen molar-refractivity contribution in [1.29, 1.82) is 0 Å². The molecule has 2 rings (SSSR count). The van der Waals surface area contributed by atoms with Gasteiger partial charge in [0.2, 0.25) is 0 Å². The van der Waals surface area contributed by atoms with Crippen molar-refractivity contribution in [3.8, 4) is 0 Å². The van der Waals surface area contributed by atoms with Crippen LogP contribution in [0.25, 0.3) is 0 Å². The van der Waals surface area contributed by atoms with E-state index in [4.69, 9.17) is 4.74 Å². The maximum absolute atomic E-state index is 5.78. The van der Waals surface area contributed by atoms with E-state index >= 15 is 0 Å². The van der Waals surface area contributed by atoms with Crippen molar-refractivity contribution in [3.63, 3.8) is 0 Å². The molecule has 0 radical (unpaired) electrons. The summed E-state index contributed by atoms with van der Waals surface area (Å²) in [5.74, 6) is 0. The van der Waals surface area contributed by atoms with Crippen molar-refractivity contribution in [2.24, 2.45) is 0 Å². The number of nitrogens with one attached hydrogen (secondary N) is 1. The van der Waals surface area contributed by atoms with Crippen LogP contribution in [0.4, 0.5) is 0 Å². The molecule has 2 heterocycles. The Kier molecular flexibility index (Phi) is 3.93. The first kappa shape index (κ1) is 11.7. The SMILES string of the molecule is CSC1CNCC1N1CC(C)OC(C)C1. The second-order valence-corrected chi connectivity index (χ2v) is 5.79. The van der Waals surface area contributed by atoms with Gasteiger partial charge in [-0.1, -0.05) is 0 Å². The van der Waals surface area contributed by atoms with Crippen LogP contribution in [0.15, 0.2) is 0 Å². The Balaban J connectivity index is 1.96. The molecule has 0 aromatic heterocycles. The van der Waals surface area contributed by atoms with Gasteiger partial charge in [0.25, 0.3) is 0 Å². The molecule has 1 N–H and O–H groups in total. The predicted octanol–water partition coefficient (Wildman–Crippen LogP) is 0.799. The first-order chi connectivity index (χ1) is 7.20. The third-order valence-corrected chi connectivity index (χ3v) is 4.43. The lowest BCUT2D eigenvalue weighted by Gasteiger charge is -2.40. The van der Waals surface area contributed by atoms with Gasteiger partial charge in [0.1, 0.15) is 0 Å². The Bertz CT molecular complexity index is 205. The molecule has 0 spiro atoms. The maximum atomic E-state index is 5.78. The average Bonchev–Trinajstić information content (AvgIpc) is 2.63. The van der Waals surface area contributed by atoms with Crippen molar-refractivity contribution < 1.29 is 4.74 Å². The van der Waals surface area contributed by atoms with Crippen LogP contribution in [-0.4, -0.2) is 60.8 Å². The van der Waals surface area contributed by atoms with Crippen LogP contribution < -0.4 is 5.32 Å². The Labute approximate surface area is 96.9 Å². The highest BCUT2D eigenvalue weighted by Gasteiger charge is 2.35. The summed E-state index contributed by atoms with van der Waals surface area (Å²) in [6.45, 7) is 8.84. The smallest absolute Gasteiger partial charge is 0.0678 e. The lowest BCUT2D eigenvalue weighted by atomic mass is 10.1. The minimum Gasteiger partial charge on any atom is -0.373 e. The zero-order valence-corrected chi connectivity index (χ0v) is 10.7. The molecule has 0 aromatic rings. The average molecular weight is 230 g/mol. The third kappa shape index (κ3) is 2.67. The van der Waals surface area contributed by atoms with Crippen LogP contribution in [0.3, 0.4) is 0 Å². The van der Waals surface area contributed by atoms with Gasteiger partial charge < -0.3 is 10.1 Å². The highest BCUT2D eigenvalue weighted by molar-refractivity contribution is 7.99. The van der Waals surface area contributed by atoms with Crippen LogP contribution in [0.5, 0.6) is 0 Å². The van der Waals surface area contributed by atoms with Crippen LogP contribution in [0, 0.1) is 0 Å². The third-order valence-electron chi connectivity index (χ3n) is 3.35. The van der Waals surface area contributed by atoms with E-state index < -0.39 is 0 Å². The molecule has 2 aliphatic rings. The first-order valence-electron chi connectivity index (χ1n) is 5.83. The molecular formula is C11H22N2OS. The summed E-state index contributed by atoms with van der Waals surface area (Å²) in [6, 6.07) is 0.703. The fourth-order valence-corrected chi connectivity index (χ4v) is 3.60. The summed E-state index contributed by atoms with van der Waals surface area (Å²) in [4.78, 5) is 2.61. The number of morpholine rings is 1. The summed E-state index contributed by atoms with van der Waals surface area (Å²) < 4.78 is 5.78.